The molecule has 0 radical (unpaired) electrons. The van der Waals surface area contributed by atoms with Gasteiger partial charge < -0.3 is 5.11 Å². The van der Waals surface area contributed by atoms with Gasteiger partial charge in [0.25, 0.3) is 5.91 Å². The van der Waals surface area contributed by atoms with Crippen molar-refractivity contribution >= 4 is 17.4 Å². The molecule has 1 aliphatic heterocycles. The zero-order chi connectivity index (χ0) is 19.7. The van der Waals surface area contributed by atoms with Gasteiger partial charge in [0.2, 0.25) is 0 Å². The van der Waals surface area contributed by atoms with Crippen molar-refractivity contribution in [2.75, 3.05) is 4.90 Å². The van der Waals surface area contributed by atoms with Gasteiger partial charge in [0.15, 0.2) is 11.5 Å². The first-order chi connectivity index (χ1) is 12.8. The van der Waals surface area contributed by atoms with E-state index in [9.17, 15) is 23.5 Å². The lowest BCUT2D eigenvalue weighted by molar-refractivity contribution is -0.118. The van der Waals surface area contributed by atoms with Gasteiger partial charge in [-0.05, 0) is 30.2 Å². The van der Waals surface area contributed by atoms with E-state index in [2.05, 4.69) is 4.98 Å². The SMILES string of the molecule is CC(C)CC(=O)C1=C(O)C(=O)N(c2cc(F)ccc2F)C1c1ccccn1. The van der Waals surface area contributed by atoms with Crippen LogP contribution in [-0.2, 0) is 9.59 Å². The summed E-state index contributed by atoms with van der Waals surface area (Å²) in [4.78, 5) is 30.5. The van der Waals surface area contributed by atoms with E-state index in [0.29, 0.717) is 0 Å². The van der Waals surface area contributed by atoms with Crippen molar-refractivity contribution in [1.29, 1.82) is 0 Å². The smallest absolute Gasteiger partial charge is 0.294 e. The van der Waals surface area contributed by atoms with Crippen LogP contribution in [0.15, 0.2) is 53.9 Å². The van der Waals surface area contributed by atoms with Gasteiger partial charge in [-0.3, -0.25) is 19.5 Å². The van der Waals surface area contributed by atoms with Crippen molar-refractivity contribution in [2.24, 2.45) is 5.92 Å². The number of hydrogen-bond acceptors (Lipinski definition) is 4. The molecule has 0 saturated heterocycles. The number of benzene rings is 1. The Hall–Kier alpha value is -3.09. The predicted molar refractivity (Wildman–Crippen MR) is 94.9 cm³/mol. The molecule has 140 valence electrons. The van der Waals surface area contributed by atoms with Crippen LogP contribution in [0, 0.1) is 17.6 Å². The third-order valence-electron chi connectivity index (χ3n) is 4.24. The molecule has 3 rings (SSSR count). The Kier molecular flexibility index (Phi) is 5.03. The van der Waals surface area contributed by atoms with E-state index >= 15 is 0 Å². The summed E-state index contributed by atoms with van der Waals surface area (Å²) in [5.74, 6) is -3.79. The highest BCUT2D eigenvalue weighted by Crippen LogP contribution is 2.41. The molecular weight excluding hydrogens is 354 g/mol. The molecule has 1 amide bonds. The molecule has 0 aliphatic carbocycles. The average molecular weight is 372 g/mol. The summed E-state index contributed by atoms with van der Waals surface area (Å²) >= 11 is 0. The predicted octanol–water partition coefficient (Wildman–Crippen LogP) is 3.88. The van der Waals surface area contributed by atoms with Crippen LogP contribution < -0.4 is 4.90 Å². The molecular formula is C20H18F2N2O3. The normalized spacial score (nSPS) is 17.1. The van der Waals surface area contributed by atoms with Crippen molar-refractivity contribution in [3.05, 3.63) is 71.3 Å². The van der Waals surface area contributed by atoms with Gasteiger partial charge in [0.05, 0.1) is 17.0 Å². The Bertz CT molecular complexity index is 926. The van der Waals surface area contributed by atoms with Gasteiger partial charge in [-0.15, -0.1) is 0 Å². The topological polar surface area (TPSA) is 70.5 Å². The van der Waals surface area contributed by atoms with E-state index in [0.717, 1.165) is 23.1 Å². The van der Waals surface area contributed by atoms with E-state index in [-0.39, 0.29) is 29.3 Å². The molecule has 0 saturated carbocycles. The summed E-state index contributed by atoms with van der Waals surface area (Å²) in [6, 6.07) is 6.38. The zero-order valence-corrected chi connectivity index (χ0v) is 14.8. The number of anilines is 1. The summed E-state index contributed by atoms with van der Waals surface area (Å²) < 4.78 is 28.1. The molecule has 0 bridgehead atoms. The Morgan fingerprint density at radius 1 is 1.26 bits per heavy atom. The maximum atomic E-state index is 14.4. The van der Waals surface area contributed by atoms with E-state index in [1.165, 1.54) is 6.20 Å². The number of halogens is 2. The summed E-state index contributed by atoms with van der Waals surface area (Å²) in [6.07, 6.45) is 1.55. The van der Waals surface area contributed by atoms with E-state index in [4.69, 9.17) is 0 Å². The minimum Gasteiger partial charge on any atom is -0.503 e. The summed E-state index contributed by atoms with van der Waals surface area (Å²) in [5, 5.41) is 10.4. The number of carbonyl (C=O) groups is 2. The number of aromatic nitrogens is 1. The first-order valence-electron chi connectivity index (χ1n) is 8.47. The largest absolute Gasteiger partial charge is 0.503 e. The van der Waals surface area contributed by atoms with Gasteiger partial charge >= 0.3 is 0 Å². The van der Waals surface area contributed by atoms with Crippen molar-refractivity contribution in [3.63, 3.8) is 0 Å². The standard InChI is InChI=1S/C20H18F2N2O3/c1-11(2)9-16(25)17-18(14-5-3-4-8-23-14)24(20(27)19(17)26)15-10-12(21)6-7-13(15)22/h3-8,10-11,18,26H,9H2,1-2H3. The minimum absolute atomic E-state index is 0.0164. The van der Waals surface area contributed by atoms with Crippen molar-refractivity contribution in [2.45, 2.75) is 26.3 Å². The highest BCUT2D eigenvalue weighted by Gasteiger charge is 2.45. The number of ketones is 1. The molecule has 1 atom stereocenters. The number of pyridine rings is 1. The Morgan fingerprint density at radius 2 is 2.00 bits per heavy atom. The van der Waals surface area contributed by atoms with Crippen LogP contribution in [0.3, 0.4) is 0 Å². The molecule has 1 aromatic carbocycles. The van der Waals surface area contributed by atoms with Crippen LogP contribution in [0.1, 0.15) is 32.0 Å². The maximum Gasteiger partial charge on any atom is 0.294 e. The van der Waals surface area contributed by atoms with E-state index in [1.54, 1.807) is 18.2 Å². The lowest BCUT2D eigenvalue weighted by atomic mass is 9.94. The number of aliphatic hydroxyl groups excluding tert-OH is 1. The Labute approximate surface area is 155 Å². The molecule has 1 aliphatic rings. The molecule has 5 nitrogen and oxygen atoms in total. The fraction of sp³-hybridized carbons (Fsp3) is 0.250. The second-order valence-electron chi connectivity index (χ2n) is 6.71. The second-order valence-corrected chi connectivity index (χ2v) is 6.71. The van der Waals surface area contributed by atoms with Crippen LogP contribution >= 0.6 is 0 Å². The highest BCUT2D eigenvalue weighted by molar-refractivity contribution is 6.16. The summed E-state index contributed by atoms with van der Waals surface area (Å²) in [6.45, 7) is 3.65. The number of Topliss-reactive ketones (excluding diaryl/α,β-unsaturated/α-hetero) is 1. The monoisotopic (exact) mass is 372 g/mol. The van der Waals surface area contributed by atoms with Gasteiger partial charge in [-0.25, -0.2) is 8.78 Å². The maximum absolute atomic E-state index is 14.4. The Morgan fingerprint density at radius 3 is 2.63 bits per heavy atom. The lowest BCUT2D eigenvalue weighted by Crippen LogP contribution is -2.32. The van der Waals surface area contributed by atoms with Crippen LogP contribution in [-0.4, -0.2) is 21.8 Å². The van der Waals surface area contributed by atoms with Crippen LogP contribution in [0.2, 0.25) is 0 Å². The zero-order valence-electron chi connectivity index (χ0n) is 14.8. The summed E-state index contributed by atoms with van der Waals surface area (Å²) in [7, 11) is 0. The quantitative estimate of drug-likeness (QED) is 0.865. The fourth-order valence-corrected chi connectivity index (χ4v) is 3.11. The van der Waals surface area contributed by atoms with Gasteiger partial charge in [0, 0.05) is 18.7 Å². The third kappa shape index (κ3) is 3.45. The van der Waals surface area contributed by atoms with Crippen molar-refractivity contribution in [3.8, 4) is 0 Å². The molecule has 0 fully saturated rings. The number of carbonyl (C=O) groups excluding carboxylic acids is 2. The first-order valence-corrected chi connectivity index (χ1v) is 8.47. The molecule has 27 heavy (non-hydrogen) atoms. The molecule has 7 heteroatoms. The second kappa shape index (κ2) is 7.26. The van der Waals surface area contributed by atoms with Gasteiger partial charge in [-0.1, -0.05) is 19.9 Å². The molecule has 1 aromatic heterocycles. The minimum atomic E-state index is -1.14. The number of nitrogens with zero attached hydrogens (tertiary/aromatic N) is 2. The molecule has 2 heterocycles. The fourth-order valence-electron chi connectivity index (χ4n) is 3.11. The van der Waals surface area contributed by atoms with Crippen LogP contribution in [0.5, 0.6) is 0 Å². The van der Waals surface area contributed by atoms with E-state index in [1.807, 2.05) is 13.8 Å². The lowest BCUT2D eigenvalue weighted by Gasteiger charge is -2.26. The number of aliphatic hydroxyl groups is 1. The molecule has 1 N–H and O–H groups in total. The van der Waals surface area contributed by atoms with Crippen LogP contribution in [0.25, 0.3) is 0 Å². The summed E-state index contributed by atoms with van der Waals surface area (Å²) in [5.41, 5.74) is -0.253. The Balaban J connectivity index is 2.18. The average Bonchev–Trinajstić information content (AvgIpc) is 2.89. The molecule has 1 unspecified atom stereocenters. The van der Waals surface area contributed by atoms with Crippen molar-refractivity contribution in [1.82, 2.24) is 4.98 Å². The number of amides is 1. The first kappa shape index (κ1) is 18.7. The van der Waals surface area contributed by atoms with Gasteiger partial charge in [-0.2, -0.15) is 0 Å². The van der Waals surface area contributed by atoms with Crippen molar-refractivity contribution < 1.29 is 23.5 Å². The van der Waals surface area contributed by atoms with E-state index < -0.39 is 35.1 Å². The highest BCUT2D eigenvalue weighted by atomic mass is 19.1. The number of rotatable bonds is 5. The molecule has 0 spiro atoms. The third-order valence-corrected chi connectivity index (χ3v) is 4.24. The number of hydrogen-bond donors (Lipinski definition) is 1. The van der Waals surface area contributed by atoms with Gasteiger partial charge in [0.1, 0.15) is 17.7 Å². The molecule has 2 aromatic rings. The van der Waals surface area contributed by atoms with Crippen LogP contribution in [0.4, 0.5) is 14.5 Å².